The zero-order valence-corrected chi connectivity index (χ0v) is 22.0. The molecular formula is C30H26F2N6O2. The summed E-state index contributed by atoms with van der Waals surface area (Å²) in [5.74, 6) is -0.351. The van der Waals surface area contributed by atoms with Crippen molar-refractivity contribution in [2.24, 2.45) is 0 Å². The number of aromatic nitrogens is 4. The standard InChI is InChI=1S/C30H26F2N6O2/c1-18-28(22-5-3-4-8-34-22)35-23-16-20(31)15-21(32)27(23)29(18)36-24-17-25(38-11-13-40-14-12-38)37-30(39-2)26(24)19-6-9-33-10-7-19/h3-10,15-17H,11-14H2,1-2H3,(H,35,36,37). The Kier molecular flexibility index (Phi) is 6.91. The molecule has 40 heavy (non-hydrogen) atoms. The third-order valence-electron chi connectivity index (χ3n) is 6.88. The van der Waals surface area contributed by atoms with E-state index in [1.54, 1.807) is 31.8 Å². The summed E-state index contributed by atoms with van der Waals surface area (Å²) in [6.07, 6.45) is 5.02. The second-order valence-electron chi connectivity index (χ2n) is 9.33. The van der Waals surface area contributed by atoms with Crippen LogP contribution < -0.4 is 15.0 Å². The van der Waals surface area contributed by atoms with Crippen molar-refractivity contribution < 1.29 is 18.3 Å². The van der Waals surface area contributed by atoms with Gasteiger partial charge in [0, 0.05) is 55.4 Å². The van der Waals surface area contributed by atoms with Gasteiger partial charge >= 0.3 is 0 Å². The normalized spacial score (nSPS) is 13.4. The second kappa shape index (κ2) is 10.8. The van der Waals surface area contributed by atoms with Crippen molar-refractivity contribution in [1.82, 2.24) is 19.9 Å². The Morgan fingerprint density at radius 3 is 2.50 bits per heavy atom. The fourth-order valence-electron chi connectivity index (χ4n) is 4.96. The van der Waals surface area contributed by atoms with Crippen molar-refractivity contribution in [2.75, 3.05) is 43.6 Å². The molecule has 1 aliphatic heterocycles. The number of hydrogen-bond acceptors (Lipinski definition) is 8. The Morgan fingerprint density at radius 2 is 1.77 bits per heavy atom. The topological polar surface area (TPSA) is 85.3 Å². The van der Waals surface area contributed by atoms with E-state index in [1.165, 1.54) is 6.07 Å². The minimum atomic E-state index is -0.722. The first kappa shape index (κ1) is 25.6. The SMILES string of the molecule is COc1nc(N2CCOCC2)cc(Nc2c(C)c(-c3ccccn3)nc3cc(F)cc(F)c23)c1-c1ccncc1. The van der Waals surface area contributed by atoms with Crippen molar-refractivity contribution in [3.63, 3.8) is 0 Å². The van der Waals surface area contributed by atoms with E-state index in [1.807, 2.05) is 37.3 Å². The highest BCUT2D eigenvalue weighted by molar-refractivity contribution is 6.00. The van der Waals surface area contributed by atoms with E-state index in [9.17, 15) is 4.39 Å². The number of anilines is 3. The van der Waals surface area contributed by atoms with Gasteiger partial charge in [0.1, 0.15) is 17.5 Å². The minimum absolute atomic E-state index is 0.169. The molecule has 0 spiro atoms. The maximum absolute atomic E-state index is 15.5. The van der Waals surface area contributed by atoms with E-state index >= 15 is 4.39 Å². The molecule has 1 fully saturated rings. The molecule has 0 radical (unpaired) electrons. The van der Waals surface area contributed by atoms with E-state index in [4.69, 9.17) is 14.5 Å². The fourth-order valence-corrected chi connectivity index (χ4v) is 4.96. The van der Waals surface area contributed by atoms with Crippen LogP contribution in [0.4, 0.5) is 26.0 Å². The van der Waals surface area contributed by atoms with Crippen molar-refractivity contribution in [3.8, 4) is 28.4 Å². The molecule has 0 saturated carbocycles. The predicted octanol–water partition coefficient (Wildman–Crippen LogP) is 5.93. The zero-order valence-electron chi connectivity index (χ0n) is 22.0. The van der Waals surface area contributed by atoms with Gasteiger partial charge in [0.15, 0.2) is 0 Å². The molecule has 1 aliphatic rings. The van der Waals surface area contributed by atoms with Gasteiger partial charge in [-0.1, -0.05) is 6.07 Å². The molecule has 6 rings (SSSR count). The van der Waals surface area contributed by atoms with Crippen LogP contribution >= 0.6 is 0 Å². The first-order valence-corrected chi connectivity index (χ1v) is 12.8. The maximum Gasteiger partial charge on any atom is 0.225 e. The van der Waals surface area contributed by atoms with Crippen molar-refractivity contribution in [3.05, 3.63) is 84.3 Å². The lowest BCUT2D eigenvalue weighted by Crippen LogP contribution is -2.36. The Labute approximate surface area is 229 Å². The largest absolute Gasteiger partial charge is 0.480 e. The number of nitrogens with one attached hydrogen (secondary N) is 1. The molecule has 202 valence electrons. The van der Waals surface area contributed by atoms with Crippen molar-refractivity contribution in [1.29, 1.82) is 0 Å². The van der Waals surface area contributed by atoms with Gasteiger partial charge in [-0.3, -0.25) is 9.97 Å². The number of fused-ring (bicyclic) bond motifs is 1. The molecule has 0 atom stereocenters. The molecule has 0 aliphatic carbocycles. The van der Waals surface area contributed by atoms with Gasteiger partial charge in [-0.2, -0.15) is 4.98 Å². The highest BCUT2D eigenvalue weighted by Crippen LogP contribution is 2.43. The number of ether oxygens (including phenoxy) is 2. The Morgan fingerprint density at radius 1 is 0.975 bits per heavy atom. The molecule has 1 aromatic carbocycles. The average molecular weight is 541 g/mol. The summed E-state index contributed by atoms with van der Waals surface area (Å²) in [4.78, 5) is 20.1. The van der Waals surface area contributed by atoms with Crippen LogP contribution in [0.3, 0.4) is 0 Å². The van der Waals surface area contributed by atoms with Crippen LogP contribution in [0, 0.1) is 18.6 Å². The van der Waals surface area contributed by atoms with Gasteiger partial charge in [0.25, 0.3) is 0 Å². The Hall–Kier alpha value is -4.70. The molecular weight excluding hydrogens is 514 g/mol. The van der Waals surface area contributed by atoms with Crippen LogP contribution in [0.25, 0.3) is 33.4 Å². The Bertz CT molecular complexity index is 1680. The summed E-state index contributed by atoms with van der Waals surface area (Å²) in [5, 5.41) is 3.65. The van der Waals surface area contributed by atoms with Crippen LogP contribution in [0.2, 0.25) is 0 Å². The molecule has 4 aromatic heterocycles. The molecule has 1 N–H and O–H groups in total. The molecule has 0 bridgehead atoms. The fraction of sp³-hybridized carbons (Fsp3) is 0.200. The third kappa shape index (κ3) is 4.77. The highest BCUT2D eigenvalue weighted by Gasteiger charge is 2.24. The molecule has 0 unspecified atom stereocenters. The lowest BCUT2D eigenvalue weighted by atomic mass is 10.0. The molecule has 8 nitrogen and oxygen atoms in total. The molecule has 10 heteroatoms. The monoisotopic (exact) mass is 540 g/mol. The number of benzene rings is 1. The highest BCUT2D eigenvalue weighted by atomic mass is 19.1. The number of halogens is 2. The van der Waals surface area contributed by atoms with Crippen LogP contribution in [0.1, 0.15) is 5.56 Å². The van der Waals surface area contributed by atoms with Gasteiger partial charge < -0.3 is 19.7 Å². The first-order chi connectivity index (χ1) is 19.5. The van der Waals surface area contributed by atoms with Crippen molar-refractivity contribution >= 4 is 28.1 Å². The number of rotatable bonds is 6. The van der Waals surface area contributed by atoms with Gasteiger partial charge in [-0.25, -0.2) is 13.8 Å². The number of hydrogen-bond donors (Lipinski definition) is 1. The number of pyridine rings is 4. The summed E-state index contributed by atoms with van der Waals surface area (Å²) >= 11 is 0. The van der Waals surface area contributed by atoms with E-state index in [-0.39, 0.29) is 10.9 Å². The third-order valence-corrected chi connectivity index (χ3v) is 6.88. The number of nitrogens with zero attached hydrogens (tertiary/aromatic N) is 5. The second-order valence-corrected chi connectivity index (χ2v) is 9.33. The molecule has 0 amide bonds. The maximum atomic E-state index is 15.5. The van der Waals surface area contributed by atoms with Gasteiger partial charge in [0.05, 0.1) is 59.6 Å². The van der Waals surface area contributed by atoms with E-state index < -0.39 is 11.6 Å². The van der Waals surface area contributed by atoms with Crippen LogP contribution in [-0.4, -0.2) is 53.3 Å². The van der Waals surface area contributed by atoms with Gasteiger partial charge in [0.2, 0.25) is 5.88 Å². The lowest BCUT2D eigenvalue weighted by molar-refractivity contribution is 0.122. The van der Waals surface area contributed by atoms with E-state index in [2.05, 4.69) is 25.2 Å². The van der Waals surface area contributed by atoms with E-state index in [0.717, 1.165) is 11.6 Å². The van der Waals surface area contributed by atoms with Gasteiger partial charge in [-0.05, 0) is 36.8 Å². The van der Waals surface area contributed by atoms with Crippen LogP contribution in [0.15, 0.2) is 67.1 Å². The molecule has 1 saturated heterocycles. The smallest absolute Gasteiger partial charge is 0.225 e. The van der Waals surface area contributed by atoms with E-state index in [0.29, 0.717) is 71.9 Å². The quantitative estimate of drug-likeness (QED) is 0.284. The lowest BCUT2D eigenvalue weighted by Gasteiger charge is -2.29. The number of methoxy groups -OCH3 is 1. The average Bonchev–Trinajstić information content (AvgIpc) is 2.99. The summed E-state index contributed by atoms with van der Waals surface area (Å²) in [6.45, 7) is 4.33. The minimum Gasteiger partial charge on any atom is -0.480 e. The van der Waals surface area contributed by atoms with Gasteiger partial charge in [-0.15, -0.1) is 0 Å². The molecule has 5 heterocycles. The van der Waals surface area contributed by atoms with Crippen LogP contribution in [-0.2, 0) is 4.74 Å². The number of morpholine rings is 1. The summed E-state index contributed by atoms with van der Waals surface area (Å²) in [7, 11) is 1.56. The predicted molar refractivity (Wildman–Crippen MR) is 150 cm³/mol. The summed E-state index contributed by atoms with van der Waals surface area (Å²) in [6, 6.07) is 13.2. The Balaban J connectivity index is 1.61. The summed E-state index contributed by atoms with van der Waals surface area (Å²) in [5.41, 5.74) is 4.49. The zero-order chi connectivity index (χ0) is 27.6. The molecule has 5 aromatic rings. The first-order valence-electron chi connectivity index (χ1n) is 12.8. The van der Waals surface area contributed by atoms with Crippen molar-refractivity contribution in [2.45, 2.75) is 6.92 Å². The van der Waals surface area contributed by atoms with Crippen LogP contribution in [0.5, 0.6) is 5.88 Å². The summed E-state index contributed by atoms with van der Waals surface area (Å²) < 4.78 is 41.1.